The third-order valence-electron chi connectivity index (χ3n) is 7.48. The number of nitrogens with zero attached hydrogens (tertiary/aromatic N) is 2. The van der Waals surface area contributed by atoms with Gasteiger partial charge in [-0.3, -0.25) is 25.2 Å². The van der Waals surface area contributed by atoms with Crippen molar-refractivity contribution >= 4 is 34.2 Å². The van der Waals surface area contributed by atoms with E-state index < -0.39 is 5.91 Å². The van der Waals surface area contributed by atoms with Crippen LogP contribution >= 0.6 is 11.3 Å². The molecule has 0 radical (unpaired) electrons. The van der Waals surface area contributed by atoms with Crippen molar-refractivity contribution in [3.05, 3.63) is 11.1 Å². The smallest absolute Gasteiger partial charge is 0.289 e. The zero-order valence-corrected chi connectivity index (χ0v) is 19.0. The van der Waals surface area contributed by atoms with Gasteiger partial charge in [-0.05, 0) is 56.3 Å². The number of aromatic nitrogens is 1. The molecule has 3 N–H and O–H groups in total. The number of hydrazine groups is 1. The normalized spacial score (nSPS) is 30.8. The van der Waals surface area contributed by atoms with Crippen LogP contribution < -0.4 is 21.1 Å². The monoisotopic (exact) mass is 461 g/mol. The van der Waals surface area contributed by atoms with Crippen LogP contribution in [0.4, 0.5) is 5.13 Å². The largest absolute Gasteiger partial charge is 0.378 e. The molecule has 5 aliphatic rings. The van der Waals surface area contributed by atoms with E-state index in [1.807, 2.05) is 0 Å². The van der Waals surface area contributed by atoms with Crippen molar-refractivity contribution in [3.63, 3.8) is 0 Å². The molecule has 5 fully saturated rings. The molecular weight excluding hydrogens is 430 g/mol. The van der Waals surface area contributed by atoms with Crippen molar-refractivity contribution in [3.8, 4) is 0 Å². The van der Waals surface area contributed by atoms with Gasteiger partial charge in [0.2, 0.25) is 11.8 Å². The molecule has 0 spiro atoms. The lowest BCUT2D eigenvalue weighted by atomic mass is 9.49. The first-order valence-corrected chi connectivity index (χ1v) is 12.5. The highest BCUT2D eigenvalue weighted by Gasteiger charge is 2.54. The van der Waals surface area contributed by atoms with Gasteiger partial charge in [-0.1, -0.05) is 0 Å². The van der Waals surface area contributed by atoms with Crippen molar-refractivity contribution in [1.29, 1.82) is 0 Å². The summed E-state index contributed by atoms with van der Waals surface area (Å²) in [5.41, 5.74) is 4.90. The minimum Gasteiger partial charge on any atom is -0.378 e. The number of carbonyl (C=O) groups is 3. The molecule has 6 rings (SSSR count). The number of morpholine rings is 1. The summed E-state index contributed by atoms with van der Waals surface area (Å²) in [6.07, 6.45) is 7.02. The highest BCUT2D eigenvalue weighted by molar-refractivity contribution is 7.13. The molecule has 9 nitrogen and oxygen atoms in total. The molecule has 1 aromatic rings. The molecule has 1 aromatic heterocycles. The van der Waals surface area contributed by atoms with Crippen molar-refractivity contribution in [2.75, 3.05) is 37.7 Å². The van der Waals surface area contributed by atoms with Gasteiger partial charge < -0.3 is 15.0 Å². The molecule has 1 saturated heterocycles. The maximum absolute atomic E-state index is 12.9. The second-order valence-corrected chi connectivity index (χ2v) is 10.7. The second kappa shape index (κ2) is 8.97. The fraction of sp³-hybridized carbons (Fsp3) is 0.727. The summed E-state index contributed by atoms with van der Waals surface area (Å²) in [5, 5.41) is 5.44. The molecule has 32 heavy (non-hydrogen) atoms. The molecule has 4 bridgehead atoms. The highest BCUT2D eigenvalue weighted by Crippen LogP contribution is 2.60. The molecule has 3 amide bonds. The van der Waals surface area contributed by atoms with Gasteiger partial charge in [0.25, 0.3) is 5.91 Å². The Balaban J connectivity index is 1.04. The van der Waals surface area contributed by atoms with Crippen LogP contribution in [0.25, 0.3) is 0 Å². The number of nitrogens with one attached hydrogen (secondary N) is 3. The Hall–Kier alpha value is -2.20. The van der Waals surface area contributed by atoms with Gasteiger partial charge >= 0.3 is 0 Å². The number of ether oxygens (including phenoxy) is 1. The first-order valence-electron chi connectivity index (χ1n) is 11.7. The number of anilines is 1. The van der Waals surface area contributed by atoms with E-state index in [-0.39, 0.29) is 35.9 Å². The number of hydrogen-bond donors (Lipinski definition) is 3. The SMILES string of the molecule is O=C(CCNC(=O)C12CC3CC(CC(C3)C1)C2)NNC(=O)c1csc(N2CCOCC2)n1. The van der Waals surface area contributed by atoms with Gasteiger partial charge in [0, 0.05) is 36.9 Å². The summed E-state index contributed by atoms with van der Waals surface area (Å²) < 4.78 is 5.33. The van der Waals surface area contributed by atoms with E-state index >= 15 is 0 Å². The van der Waals surface area contributed by atoms with Gasteiger partial charge in [0.15, 0.2) is 5.13 Å². The predicted octanol–water partition coefficient (Wildman–Crippen LogP) is 1.46. The number of rotatable bonds is 6. The summed E-state index contributed by atoms with van der Waals surface area (Å²) in [4.78, 5) is 43.8. The molecule has 174 valence electrons. The van der Waals surface area contributed by atoms with Crippen LogP contribution in [0.5, 0.6) is 0 Å². The zero-order valence-electron chi connectivity index (χ0n) is 18.2. The van der Waals surface area contributed by atoms with Crippen molar-refractivity contribution in [2.45, 2.75) is 44.9 Å². The molecule has 2 heterocycles. The van der Waals surface area contributed by atoms with Crippen molar-refractivity contribution in [2.24, 2.45) is 23.2 Å². The minimum absolute atomic E-state index is 0.117. The van der Waals surface area contributed by atoms with Crippen molar-refractivity contribution in [1.82, 2.24) is 21.2 Å². The number of hydrogen-bond acceptors (Lipinski definition) is 7. The van der Waals surface area contributed by atoms with E-state index in [2.05, 4.69) is 26.1 Å². The Bertz CT molecular complexity index is 846. The molecule has 4 saturated carbocycles. The first-order chi connectivity index (χ1) is 15.5. The van der Waals surface area contributed by atoms with Gasteiger partial charge in [-0.2, -0.15) is 0 Å². The molecule has 1 aliphatic heterocycles. The molecule has 0 unspecified atom stereocenters. The van der Waals surface area contributed by atoms with E-state index in [1.165, 1.54) is 30.6 Å². The van der Waals surface area contributed by atoms with E-state index in [0.717, 1.165) is 37.5 Å². The summed E-state index contributed by atoms with van der Waals surface area (Å²) in [6, 6.07) is 0. The molecule has 10 heteroatoms. The summed E-state index contributed by atoms with van der Waals surface area (Å²) in [5.74, 6) is 1.45. The fourth-order valence-electron chi connectivity index (χ4n) is 6.39. The summed E-state index contributed by atoms with van der Waals surface area (Å²) in [7, 11) is 0. The topological polar surface area (TPSA) is 113 Å². The minimum atomic E-state index is -0.452. The van der Waals surface area contributed by atoms with Crippen LogP contribution in [0.1, 0.15) is 55.4 Å². The Morgan fingerprint density at radius 1 is 1.06 bits per heavy atom. The Labute approximate surface area is 191 Å². The van der Waals surface area contributed by atoms with Gasteiger partial charge in [-0.25, -0.2) is 4.98 Å². The molecule has 4 aliphatic carbocycles. The van der Waals surface area contributed by atoms with Crippen molar-refractivity contribution < 1.29 is 19.1 Å². The average molecular weight is 462 g/mol. The lowest BCUT2D eigenvalue weighted by Gasteiger charge is -2.55. The molecule has 0 atom stereocenters. The van der Waals surface area contributed by atoms with Gasteiger partial charge in [-0.15, -0.1) is 11.3 Å². The van der Waals surface area contributed by atoms with E-state index in [9.17, 15) is 14.4 Å². The second-order valence-electron chi connectivity index (χ2n) is 9.82. The van der Waals surface area contributed by atoms with Gasteiger partial charge in [0.05, 0.1) is 13.2 Å². The average Bonchev–Trinajstić information content (AvgIpc) is 3.27. The standard InChI is InChI=1S/C22H31N5O4S/c28-18(25-26-19(29)17-13-32-21(24-17)27-3-5-31-6-4-27)1-2-23-20(30)22-10-14-7-15(11-22)9-16(8-14)12-22/h13-16H,1-12H2,(H,23,30)(H,25,28)(H,26,29). The lowest BCUT2D eigenvalue weighted by molar-refractivity contribution is -0.146. The Kier molecular flexibility index (Phi) is 6.07. The van der Waals surface area contributed by atoms with E-state index in [1.54, 1.807) is 5.38 Å². The summed E-state index contributed by atoms with van der Waals surface area (Å²) in [6.45, 7) is 3.08. The van der Waals surface area contributed by atoms with Crippen LogP contribution in [0.15, 0.2) is 5.38 Å². The Morgan fingerprint density at radius 2 is 1.72 bits per heavy atom. The van der Waals surface area contributed by atoms with Crippen LogP contribution in [-0.4, -0.2) is 55.6 Å². The number of carbonyl (C=O) groups excluding carboxylic acids is 3. The number of amides is 3. The summed E-state index contributed by atoms with van der Waals surface area (Å²) >= 11 is 1.40. The third-order valence-corrected chi connectivity index (χ3v) is 8.38. The van der Waals surface area contributed by atoms with Crippen LogP contribution in [0.3, 0.4) is 0 Å². The van der Waals surface area contributed by atoms with Crippen LogP contribution in [0.2, 0.25) is 0 Å². The predicted molar refractivity (Wildman–Crippen MR) is 119 cm³/mol. The highest BCUT2D eigenvalue weighted by atomic mass is 32.1. The fourth-order valence-corrected chi connectivity index (χ4v) is 7.25. The Morgan fingerprint density at radius 3 is 2.38 bits per heavy atom. The van der Waals surface area contributed by atoms with Crippen LogP contribution in [-0.2, 0) is 14.3 Å². The van der Waals surface area contributed by atoms with Crippen LogP contribution in [0, 0.1) is 23.2 Å². The lowest BCUT2D eigenvalue weighted by Crippen LogP contribution is -2.54. The number of thiazole rings is 1. The van der Waals surface area contributed by atoms with E-state index in [0.29, 0.717) is 31.0 Å². The van der Waals surface area contributed by atoms with Gasteiger partial charge in [0.1, 0.15) is 5.69 Å². The first kappa shape index (κ1) is 21.6. The maximum Gasteiger partial charge on any atom is 0.289 e. The molecule has 0 aromatic carbocycles. The zero-order chi connectivity index (χ0) is 22.1. The maximum atomic E-state index is 12.9. The third kappa shape index (κ3) is 4.47. The quantitative estimate of drug-likeness (QED) is 0.553. The molecular formula is C22H31N5O4S. The van der Waals surface area contributed by atoms with E-state index in [4.69, 9.17) is 4.74 Å².